The zero-order chi connectivity index (χ0) is 14.7. The van der Waals surface area contributed by atoms with Crippen LogP contribution in [0.5, 0.6) is 0 Å². The van der Waals surface area contributed by atoms with Gasteiger partial charge in [0.25, 0.3) is 11.8 Å². The Morgan fingerprint density at radius 2 is 1.80 bits per heavy atom. The van der Waals surface area contributed by atoms with Crippen molar-refractivity contribution in [3.05, 3.63) is 34.3 Å². The van der Waals surface area contributed by atoms with Gasteiger partial charge < -0.3 is 14.9 Å². The van der Waals surface area contributed by atoms with Crippen LogP contribution in [-0.2, 0) is 4.79 Å². The van der Waals surface area contributed by atoms with Gasteiger partial charge in [-0.25, -0.2) is 0 Å². The second-order valence-electron chi connectivity index (χ2n) is 4.80. The Morgan fingerprint density at radius 3 is 2.35 bits per heavy atom. The minimum atomic E-state index is -0.984. The van der Waals surface area contributed by atoms with Crippen molar-refractivity contribution in [2.75, 3.05) is 26.2 Å². The van der Waals surface area contributed by atoms with Crippen LogP contribution in [0.1, 0.15) is 17.3 Å². The molecule has 0 aliphatic carbocycles. The topological polar surface area (TPSA) is 60.9 Å². The van der Waals surface area contributed by atoms with E-state index in [-0.39, 0.29) is 11.8 Å². The summed E-state index contributed by atoms with van der Waals surface area (Å²) in [6, 6.07) is 7.26. The third-order valence-corrected chi connectivity index (χ3v) is 3.80. The molecule has 0 radical (unpaired) electrons. The molecule has 1 aromatic carbocycles. The van der Waals surface area contributed by atoms with E-state index in [1.165, 1.54) is 6.92 Å². The fourth-order valence-corrected chi connectivity index (χ4v) is 2.60. The van der Waals surface area contributed by atoms with Crippen LogP contribution >= 0.6 is 15.9 Å². The molecule has 1 N–H and O–H groups in total. The Kier molecular flexibility index (Phi) is 4.77. The van der Waals surface area contributed by atoms with Crippen molar-refractivity contribution < 1.29 is 14.7 Å². The minimum Gasteiger partial charge on any atom is -0.384 e. The molecule has 1 aliphatic heterocycles. The number of aliphatic hydroxyl groups excluding tert-OH is 1. The molecule has 0 bridgehead atoms. The first-order valence-corrected chi connectivity index (χ1v) is 7.30. The molecule has 1 aliphatic rings. The highest BCUT2D eigenvalue weighted by atomic mass is 79.9. The Labute approximate surface area is 126 Å². The smallest absolute Gasteiger partial charge is 0.254 e. The third-order valence-electron chi connectivity index (χ3n) is 3.31. The fourth-order valence-electron chi connectivity index (χ4n) is 2.20. The number of nitrogens with zero attached hydrogens (tertiary/aromatic N) is 2. The molecule has 1 aromatic rings. The molecular weight excluding hydrogens is 324 g/mol. The average Bonchev–Trinajstić information content (AvgIpc) is 2.46. The second-order valence-corrected chi connectivity index (χ2v) is 5.72. The van der Waals surface area contributed by atoms with Crippen molar-refractivity contribution >= 4 is 27.7 Å². The highest BCUT2D eigenvalue weighted by Gasteiger charge is 2.26. The van der Waals surface area contributed by atoms with E-state index in [2.05, 4.69) is 15.9 Å². The SMILES string of the molecule is CC(O)C(=O)N1CCN(C(=O)c2cccc(Br)c2)CC1. The molecule has 0 saturated carbocycles. The van der Waals surface area contributed by atoms with Gasteiger partial charge in [0, 0.05) is 36.2 Å². The summed E-state index contributed by atoms with van der Waals surface area (Å²) in [6.07, 6.45) is -0.984. The Morgan fingerprint density at radius 1 is 1.20 bits per heavy atom. The van der Waals surface area contributed by atoms with Gasteiger partial charge in [0.05, 0.1) is 0 Å². The summed E-state index contributed by atoms with van der Waals surface area (Å²) in [4.78, 5) is 27.3. The summed E-state index contributed by atoms with van der Waals surface area (Å²) in [5, 5.41) is 9.28. The number of amides is 2. The number of rotatable bonds is 2. The quantitative estimate of drug-likeness (QED) is 0.877. The summed E-state index contributed by atoms with van der Waals surface area (Å²) in [6.45, 7) is 3.36. The number of hydrogen-bond acceptors (Lipinski definition) is 3. The largest absolute Gasteiger partial charge is 0.384 e. The lowest BCUT2D eigenvalue weighted by atomic mass is 10.2. The lowest BCUT2D eigenvalue weighted by Gasteiger charge is -2.35. The minimum absolute atomic E-state index is 0.0320. The van der Waals surface area contributed by atoms with Crippen molar-refractivity contribution in [1.29, 1.82) is 0 Å². The van der Waals surface area contributed by atoms with Crippen molar-refractivity contribution in [1.82, 2.24) is 9.80 Å². The number of aliphatic hydroxyl groups is 1. The summed E-state index contributed by atoms with van der Waals surface area (Å²) in [5.74, 6) is -0.310. The zero-order valence-corrected chi connectivity index (χ0v) is 12.8. The number of carbonyl (C=O) groups is 2. The van der Waals surface area contributed by atoms with E-state index in [0.717, 1.165) is 4.47 Å². The molecule has 2 amide bonds. The van der Waals surface area contributed by atoms with E-state index >= 15 is 0 Å². The van der Waals surface area contributed by atoms with Crippen LogP contribution in [0.15, 0.2) is 28.7 Å². The number of carbonyl (C=O) groups excluding carboxylic acids is 2. The first-order valence-electron chi connectivity index (χ1n) is 6.50. The van der Waals surface area contributed by atoms with Gasteiger partial charge in [-0.15, -0.1) is 0 Å². The van der Waals surface area contributed by atoms with Gasteiger partial charge in [-0.2, -0.15) is 0 Å². The van der Waals surface area contributed by atoms with E-state index in [0.29, 0.717) is 31.7 Å². The van der Waals surface area contributed by atoms with Crippen LogP contribution in [0.25, 0.3) is 0 Å². The van der Waals surface area contributed by atoms with Crippen LogP contribution in [-0.4, -0.2) is 59.0 Å². The van der Waals surface area contributed by atoms with E-state index < -0.39 is 6.10 Å². The maximum Gasteiger partial charge on any atom is 0.254 e. The van der Waals surface area contributed by atoms with Crippen LogP contribution in [0.4, 0.5) is 0 Å². The van der Waals surface area contributed by atoms with E-state index in [9.17, 15) is 14.7 Å². The molecule has 20 heavy (non-hydrogen) atoms. The molecule has 108 valence electrons. The predicted molar refractivity (Wildman–Crippen MR) is 78.3 cm³/mol. The lowest BCUT2D eigenvalue weighted by molar-refractivity contribution is -0.140. The zero-order valence-electron chi connectivity index (χ0n) is 11.3. The maximum atomic E-state index is 12.3. The predicted octanol–water partition coefficient (Wildman–Crippen LogP) is 1.11. The number of hydrogen-bond donors (Lipinski definition) is 1. The summed E-state index contributed by atoms with van der Waals surface area (Å²) in [7, 11) is 0. The van der Waals surface area contributed by atoms with E-state index in [4.69, 9.17) is 0 Å². The van der Waals surface area contributed by atoms with E-state index in [1.807, 2.05) is 12.1 Å². The van der Waals surface area contributed by atoms with Gasteiger partial charge in [0.2, 0.25) is 0 Å². The van der Waals surface area contributed by atoms with Crippen molar-refractivity contribution in [3.63, 3.8) is 0 Å². The normalized spacial score (nSPS) is 16.9. The second kappa shape index (κ2) is 6.37. The number of piperazine rings is 1. The fraction of sp³-hybridized carbons (Fsp3) is 0.429. The first-order chi connectivity index (χ1) is 9.49. The highest BCUT2D eigenvalue weighted by Crippen LogP contribution is 2.15. The molecule has 0 spiro atoms. The van der Waals surface area contributed by atoms with Gasteiger partial charge in [0.15, 0.2) is 0 Å². The monoisotopic (exact) mass is 340 g/mol. The molecule has 1 fully saturated rings. The molecule has 1 heterocycles. The van der Waals surface area contributed by atoms with Crippen LogP contribution in [0.2, 0.25) is 0 Å². The van der Waals surface area contributed by atoms with Gasteiger partial charge in [0.1, 0.15) is 6.10 Å². The van der Waals surface area contributed by atoms with Crippen LogP contribution in [0, 0.1) is 0 Å². The third kappa shape index (κ3) is 3.37. The molecule has 1 unspecified atom stereocenters. The lowest BCUT2D eigenvalue weighted by Crippen LogP contribution is -2.52. The van der Waals surface area contributed by atoms with E-state index in [1.54, 1.807) is 21.9 Å². The summed E-state index contributed by atoms with van der Waals surface area (Å²) < 4.78 is 0.867. The molecular formula is C14H17BrN2O3. The molecule has 1 saturated heterocycles. The van der Waals surface area contributed by atoms with Crippen LogP contribution in [0.3, 0.4) is 0 Å². The van der Waals surface area contributed by atoms with Gasteiger partial charge in [-0.05, 0) is 25.1 Å². The first kappa shape index (κ1) is 15.0. The number of halogens is 1. The average molecular weight is 341 g/mol. The Hall–Kier alpha value is -1.40. The van der Waals surface area contributed by atoms with Gasteiger partial charge in [-0.1, -0.05) is 22.0 Å². The summed E-state index contributed by atoms with van der Waals surface area (Å²) in [5.41, 5.74) is 0.634. The summed E-state index contributed by atoms with van der Waals surface area (Å²) >= 11 is 3.35. The molecule has 6 heteroatoms. The molecule has 5 nitrogen and oxygen atoms in total. The number of benzene rings is 1. The van der Waals surface area contributed by atoms with Gasteiger partial charge >= 0.3 is 0 Å². The van der Waals surface area contributed by atoms with Crippen molar-refractivity contribution in [3.8, 4) is 0 Å². The van der Waals surface area contributed by atoms with Crippen molar-refractivity contribution in [2.45, 2.75) is 13.0 Å². The van der Waals surface area contributed by atoms with Crippen molar-refractivity contribution in [2.24, 2.45) is 0 Å². The molecule has 0 aromatic heterocycles. The Balaban J connectivity index is 1.97. The molecule has 2 rings (SSSR count). The molecule has 1 atom stereocenters. The highest BCUT2D eigenvalue weighted by molar-refractivity contribution is 9.10. The standard InChI is InChI=1S/C14H17BrN2O3/c1-10(18)13(19)16-5-7-17(8-6-16)14(20)11-3-2-4-12(15)9-11/h2-4,9-10,18H,5-8H2,1H3. The van der Waals surface area contributed by atoms with Gasteiger partial charge in [-0.3, -0.25) is 9.59 Å². The Bertz CT molecular complexity index is 511. The maximum absolute atomic E-state index is 12.3. The van der Waals surface area contributed by atoms with Crippen LogP contribution < -0.4 is 0 Å².